The Balaban J connectivity index is 1.88. The van der Waals surface area contributed by atoms with Crippen LogP contribution in [0.2, 0.25) is 0 Å². The highest BCUT2D eigenvalue weighted by Crippen LogP contribution is 2.35. The van der Waals surface area contributed by atoms with Crippen LogP contribution in [0.3, 0.4) is 0 Å². The second-order valence-electron chi connectivity index (χ2n) is 5.89. The van der Waals surface area contributed by atoms with E-state index < -0.39 is 17.4 Å². The second-order valence-corrected chi connectivity index (χ2v) is 5.89. The van der Waals surface area contributed by atoms with Crippen LogP contribution in [0, 0.1) is 11.6 Å². The van der Waals surface area contributed by atoms with Crippen molar-refractivity contribution in [1.82, 2.24) is 0 Å². The zero-order valence-corrected chi connectivity index (χ0v) is 14.0. The van der Waals surface area contributed by atoms with E-state index in [0.717, 1.165) is 29.9 Å². The molecule has 3 rings (SSSR count). The number of fused-ring (bicyclic) bond motifs is 1. The molecule has 1 atom stereocenters. The standard InChI is InChI=1S/C20H18F2O3/c1-3-24-19-11-15-8-12(2)25-20(15)10-14(19)5-7-18(23)13-4-6-16(21)17(22)9-13/h4-7,9-12H,3,8H2,1-2H3/b7-5-/t12-/m1/s1. The van der Waals surface area contributed by atoms with E-state index in [1.54, 1.807) is 6.08 Å². The third-order valence-electron chi connectivity index (χ3n) is 3.95. The molecule has 0 radical (unpaired) electrons. The molecule has 0 saturated carbocycles. The van der Waals surface area contributed by atoms with Gasteiger partial charge in [-0.1, -0.05) is 0 Å². The van der Waals surface area contributed by atoms with Crippen LogP contribution in [-0.4, -0.2) is 18.5 Å². The first-order chi connectivity index (χ1) is 12.0. The van der Waals surface area contributed by atoms with Gasteiger partial charge in [0.2, 0.25) is 0 Å². The Labute approximate surface area is 144 Å². The summed E-state index contributed by atoms with van der Waals surface area (Å²) in [4.78, 5) is 12.2. The molecule has 1 heterocycles. The Kier molecular flexibility index (Phi) is 4.83. The largest absolute Gasteiger partial charge is 0.493 e. The number of ketones is 1. The molecule has 0 fully saturated rings. The van der Waals surface area contributed by atoms with Gasteiger partial charge in [-0.2, -0.15) is 0 Å². The number of hydrogen-bond acceptors (Lipinski definition) is 3. The molecule has 1 aliphatic rings. The van der Waals surface area contributed by atoms with E-state index in [2.05, 4.69) is 0 Å². The molecular formula is C20H18F2O3. The lowest BCUT2D eigenvalue weighted by molar-refractivity contribution is 0.104. The van der Waals surface area contributed by atoms with E-state index in [1.165, 1.54) is 12.1 Å². The van der Waals surface area contributed by atoms with Crippen molar-refractivity contribution < 1.29 is 23.0 Å². The van der Waals surface area contributed by atoms with Gasteiger partial charge >= 0.3 is 0 Å². The predicted molar refractivity (Wildman–Crippen MR) is 91.1 cm³/mol. The highest BCUT2D eigenvalue weighted by atomic mass is 19.2. The molecule has 0 N–H and O–H groups in total. The van der Waals surface area contributed by atoms with Crippen molar-refractivity contribution >= 4 is 11.9 Å². The molecule has 0 saturated heterocycles. The van der Waals surface area contributed by atoms with Crippen LogP contribution in [0.4, 0.5) is 8.78 Å². The number of rotatable bonds is 5. The van der Waals surface area contributed by atoms with Gasteiger partial charge in [0, 0.05) is 23.1 Å². The highest BCUT2D eigenvalue weighted by Gasteiger charge is 2.21. The minimum atomic E-state index is -1.05. The second kappa shape index (κ2) is 7.05. The van der Waals surface area contributed by atoms with Gasteiger partial charge in [-0.25, -0.2) is 8.78 Å². The van der Waals surface area contributed by atoms with Crippen molar-refractivity contribution in [2.24, 2.45) is 0 Å². The Morgan fingerprint density at radius 2 is 2.08 bits per heavy atom. The Hall–Kier alpha value is -2.69. The maximum atomic E-state index is 13.3. The van der Waals surface area contributed by atoms with Gasteiger partial charge in [-0.3, -0.25) is 4.79 Å². The Morgan fingerprint density at radius 3 is 2.80 bits per heavy atom. The average molecular weight is 344 g/mol. The van der Waals surface area contributed by atoms with E-state index in [0.29, 0.717) is 17.9 Å². The number of benzene rings is 2. The van der Waals surface area contributed by atoms with E-state index in [9.17, 15) is 13.6 Å². The average Bonchev–Trinajstić information content (AvgIpc) is 2.94. The molecular weight excluding hydrogens is 326 g/mol. The van der Waals surface area contributed by atoms with Gasteiger partial charge < -0.3 is 9.47 Å². The summed E-state index contributed by atoms with van der Waals surface area (Å²) < 4.78 is 37.6. The fourth-order valence-electron chi connectivity index (χ4n) is 2.78. The van der Waals surface area contributed by atoms with Gasteiger partial charge in [0.15, 0.2) is 17.4 Å². The van der Waals surface area contributed by atoms with Crippen molar-refractivity contribution in [3.05, 3.63) is 64.7 Å². The van der Waals surface area contributed by atoms with E-state index in [-0.39, 0.29) is 11.7 Å². The summed E-state index contributed by atoms with van der Waals surface area (Å²) in [7, 11) is 0. The highest BCUT2D eigenvalue weighted by molar-refractivity contribution is 6.07. The molecule has 1 aliphatic heterocycles. The summed E-state index contributed by atoms with van der Waals surface area (Å²) >= 11 is 0. The van der Waals surface area contributed by atoms with Crippen LogP contribution >= 0.6 is 0 Å². The normalized spacial score (nSPS) is 15.9. The van der Waals surface area contributed by atoms with Crippen LogP contribution in [-0.2, 0) is 6.42 Å². The van der Waals surface area contributed by atoms with E-state index in [4.69, 9.17) is 9.47 Å². The van der Waals surface area contributed by atoms with Crippen LogP contribution in [0.5, 0.6) is 11.5 Å². The van der Waals surface area contributed by atoms with Crippen molar-refractivity contribution in [3.8, 4) is 11.5 Å². The van der Waals surface area contributed by atoms with Crippen molar-refractivity contribution in [2.75, 3.05) is 6.61 Å². The van der Waals surface area contributed by atoms with Gasteiger partial charge in [0.25, 0.3) is 0 Å². The third kappa shape index (κ3) is 3.71. The lowest BCUT2D eigenvalue weighted by atomic mass is 10.0. The zero-order valence-electron chi connectivity index (χ0n) is 14.0. The SMILES string of the molecule is CCOc1cc2c(cc1/C=C\C(=O)c1ccc(F)c(F)c1)O[C@H](C)C2. The summed E-state index contributed by atoms with van der Waals surface area (Å²) in [5, 5.41) is 0. The van der Waals surface area contributed by atoms with Crippen LogP contribution in [0.25, 0.3) is 6.08 Å². The van der Waals surface area contributed by atoms with Gasteiger partial charge in [0.05, 0.1) is 6.61 Å². The van der Waals surface area contributed by atoms with Crippen molar-refractivity contribution in [1.29, 1.82) is 0 Å². The molecule has 130 valence electrons. The lowest BCUT2D eigenvalue weighted by Crippen LogP contribution is -2.05. The van der Waals surface area contributed by atoms with Gasteiger partial charge in [0.1, 0.15) is 17.6 Å². The Bertz CT molecular complexity index is 843. The van der Waals surface area contributed by atoms with Gasteiger partial charge in [-0.05, 0) is 56.3 Å². The monoisotopic (exact) mass is 344 g/mol. The lowest BCUT2D eigenvalue weighted by Gasteiger charge is -2.10. The summed E-state index contributed by atoms with van der Waals surface area (Å²) in [5.41, 5.74) is 1.85. The summed E-state index contributed by atoms with van der Waals surface area (Å²) in [6.07, 6.45) is 3.83. The summed E-state index contributed by atoms with van der Waals surface area (Å²) in [5.74, 6) is -1.02. The van der Waals surface area contributed by atoms with E-state index in [1.807, 2.05) is 26.0 Å². The summed E-state index contributed by atoms with van der Waals surface area (Å²) in [6.45, 7) is 4.36. The van der Waals surface area contributed by atoms with Crippen LogP contribution in [0.15, 0.2) is 36.4 Å². The fourth-order valence-corrected chi connectivity index (χ4v) is 2.78. The van der Waals surface area contributed by atoms with E-state index >= 15 is 0 Å². The van der Waals surface area contributed by atoms with Crippen molar-refractivity contribution in [3.63, 3.8) is 0 Å². The third-order valence-corrected chi connectivity index (χ3v) is 3.95. The topological polar surface area (TPSA) is 35.5 Å². The molecule has 3 nitrogen and oxygen atoms in total. The molecule has 0 aromatic heterocycles. The number of carbonyl (C=O) groups is 1. The minimum Gasteiger partial charge on any atom is -0.493 e. The first-order valence-electron chi connectivity index (χ1n) is 8.11. The minimum absolute atomic E-state index is 0.0825. The van der Waals surface area contributed by atoms with Crippen molar-refractivity contribution in [2.45, 2.75) is 26.4 Å². The quantitative estimate of drug-likeness (QED) is 0.588. The maximum absolute atomic E-state index is 13.3. The molecule has 2 aromatic rings. The fraction of sp³-hybridized carbons (Fsp3) is 0.250. The first kappa shape index (κ1) is 17.1. The van der Waals surface area contributed by atoms with Crippen LogP contribution < -0.4 is 9.47 Å². The number of hydrogen-bond donors (Lipinski definition) is 0. The Morgan fingerprint density at radius 1 is 1.28 bits per heavy atom. The molecule has 0 aliphatic carbocycles. The molecule has 0 amide bonds. The molecule has 2 aromatic carbocycles. The number of allylic oxidation sites excluding steroid dienone is 1. The number of ether oxygens (including phenoxy) is 2. The molecule has 0 bridgehead atoms. The molecule has 5 heteroatoms. The summed E-state index contributed by atoms with van der Waals surface area (Å²) in [6, 6.07) is 6.83. The number of carbonyl (C=O) groups excluding carboxylic acids is 1. The smallest absolute Gasteiger partial charge is 0.185 e. The molecule has 0 spiro atoms. The van der Waals surface area contributed by atoms with Crippen LogP contribution in [0.1, 0.15) is 35.3 Å². The predicted octanol–water partition coefficient (Wildman–Crippen LogP) is 4.58. The first-order valence-corrected chi connectivity index (χ1v) is 8.11. The zero-order chi connectivity index (χ0) is 18.0. The molecule has 25 heavy (non-hydrogen) atoms. The molecule has 0 unspecified atom stereocenters. The number of halogens is 2. The van der Waals surface area contributed by atoms with Gasteiger partial charge in [-0.15, -0.1) is 0 Å². The maximum Gasteiger partial charge on any atom is 0.185 e.